The second-order valence-corrected chi connectivity index (χ2v) is 6.15. The molecule has 1 aliphatic heterocycles. The fourth-order valence-electron chi connectivity index (χ4n) is 2.22. The maximum absolute atomic E-state index is 5.94. The summed E-state index contributed by atoms with van der Waals surface area (Å²) < 4.78 is 7.05. The van der Waals surface area contributed by atoms with Crippen LogP contribution in [0.1, 0.15) is 37.1 Å². The number of nitrogens with two attached hydrogens (primary N) is 1. The lowest BCUT2D eigenvalue weighted by molar-refractivity contribution is -0.0893. The number of hydrogen-bond donors (Lipinski definition) is 2. The first-order chi connectivity index (χ1) is 7.67. The molecule has 2 unspecified atom stereocenters. The molecule has 2 heterocycles. The minimum absolute atomic E-state index is 0.0576. The van der Waals surface area contributed by atoms with E-state index in [2.05, 4.69) is 39.7 Å². The van der Waals surface area contributed by atoms with Gasteiger partial charge in [-0.05, 0) is 53.6 Å². The first kappa shape index (κ1) is 12.5. The lowest BCUT2D eigenvalue weighted by Crippen LogP contribution is -2.48. The Morgan fingerprint density at radius 1 is 1.62 bits per heavy atom. The standard InChI is InChI=1S/C11H17BrN2OS/c1-11(5-2-3-6-15-11)10(14-13)9-8(12)4-7-16-9/h4,7,10,14H,2-3,5-6,13H2,1H3. The summed E-state index contributed by atoms with van der Waals surface area (Å²) in [7, 11) is 0. The second kappa shape index (κ2) is 5.14. The lowest BCUT2D eigenvalue weighted by Gasteiger charge is -2.40. The van der Waals surface area contributed by atoms with Gasteiger partial charge in [-0.15, -0.1) is 11.3 Å². The third-order valence-corrected chi connectivity index (χ3v) is 5.12. The molecule has 0 aliphatic carbocycles. The quantitative estimate of drug-likeness (QED) is 0.667. The summed E-state index contributed by atoms with van der Waals surface area (Å²) in [6.45, 7) is 2.97. The Morgan fingerprint density at radius 3 is 2.94 bits per heavy atom. The minimum Gasteiger partial charge on any atom is -0.373 e. The molecule has 0 amide bonds. The highest BCUT2D eigenvalue weighted by Crippen LogP contribution is 2.40. The number of thiophene rings is 1. The number of ether oxygens (including phenoxy) is 1. The molecule has 90 valence electrons. The molecule has 1 aliphatic rings. The van der Waals surface area contributed by atoms with Gasteiger partial charge in [-0.25, -0.2) is 5.43 Å². The van der Waals surface area contributed by atoms with E-state index in [4.69, 9.17) is 10.6 Å². The highest BCUT2D eigenvalue weighted by molar-refractivity contribution is 9.10. The predicted molar refractivity (Wildman–Crippen MR) is 70.3 cm³/mol. The average molecular weight is 305 g/mol. The Labute approximate surface area is 108 Å². The molecule has 0 aromatic carbocycles. The fourth-order valence-corrected chi connectivity index (χ4v) is 4.03. The van der Waals surface area contributed by atoms with E-state index in [0.717, 1.165) is 23.9 Å². The molecule has 1 saturated heterocycles. The Kier molecular flexibility index (Phi) is 4.02. The van der Waals surface area contributed by atoms with E-state index in [-0.39, 0.29) is 11.6 Å². The molecular weight excluding hydrogens is 288 g/mol. The van der Waals surface area contributed by atoms with Crippen molar-refractivity contribution >= 4 is 27.3 Å². The summed E-state index contributed by atoms with van der Waals surface area (Å²) in [6, 6.07) is 2.11. The molecule has 0 bridgehead atoms. The molecule has 1 aromatic rings. The Morgan fingerprint density at radius 2 is 2.44 bits per heavy atom. The van der Waals surface area contributed by atoms with Crippen molar-refractivity contribution in [2.45, 2.75) is 37.8 Å². The molecule has 0 saturated carbocycles. The summed E-state index contributed by atoms with van der Waals surface area (Å²) in [5.74, 6) is 5.70. The van der Waals surface area contributed by atoms with Crippen LogP contribution in [0, 0.1) is 0 Å². The molecule has 1 aromatic heterocycles. The smallest absolute Gasteiger partial charge is 0.0869 e. The summed E-state index contributed by atoms with van der Waals surface area (Å²) in [5, 5.41) is 2.07. The van der Waals surface area contributed by atoms with Gasteiger partial charge in [0.25, 0.3) is 0 Å². The first-order valence-electron chi connectivity index (χ1n) is 5.50. The Balaban J connectivity index is 2.24. The summed E-state index contributed by atoms with van der Waals surface area (Å²) >= 11 is 5.26. The largest absolute Gasteiger partial charge is 0.373 e. The van der Waals surface area contributed by atoms with Crippen LogP contribution in [0.5, 0.6) is 0 Å². The molecule has 16 heavy (non-hydrogen) atoms. The third kappa shape index (κ3) is 2.33. The van der Waals surface area contributed by atoms with Crippen molar-refractivity contribution < 1.29 is 4.74 Å². The number of halogens is 1. The number of nitrogens with one attached hydrogen (secondary N) is 1. The number of hydrazine groups is 1. The average Bonchev–Trinajstić information content (AvgIpc) is 2.67. The van der Waals surface area contributed by atoms with Gasteiger partial charge in [-0.3, -0.25) is 5.84 Å². The number of hydrogen-bond acceptors (Lipinski definition) is 4. The Bertz CT molecular complexity index is 350. The summed E-state index contributed by atoms with van der Waals surface area (Å²) in [4.78, 5) is 1.21. The van der Waals surface area contributed by atoms with Gasteiger partial charge in [0, 0.05) is 16.0 Å². The molecule has 0 spiro atoms. The van der Waals surface area contributed by atoms with Crippen molar-refractivity contribution in [3.05, 3.63) is 20.8 Å². The molecule has 1 fully saturated rings. The normalized spacial score (nSPS) is 27.9. The van der Waals surface area contributed by atoms with Crippen LogP contribution in [-0.2, 0) is 4.74 Å². The zero-order valence-electron chi connectivity index (χ0n) is 9.33. The molecule has 2 atom stereocenters. The van der Waals surface area contributed by atoms with E-state index in [1.807, 2.05) is 0 Å². The monoisotopic (exact) mass is 304 g/mol. The topological polar surface area (TPSA) is 47.3 Å². The van der Waals surface area contributed by atoms with Gasteiger partial charge in [0.1, 0.15) is 0 Å². The molecule has 0 radical (unpaired) electrons. The van der Waals surface area contributed by atoms with Crippen molar-refractivity contribution in [2.75, 3.05) is 6.61 Å². The molecular formula is C11H17BrN2OS. The molecule has 3 N–H and O–H groups in total. The van der Waals surface area contributed by atoms with Crippen LogP contribution in [-0.4, -0.2) is 12.2 Å². The van der Waals surface area contributed by atoms with Crippen molar-refractivity contribution in [1.29, 1.82) is 0 Å². The highest BCUT2D eigenvalue weighted by atomic mass is 79.9. The Hall–Kier alpha value is 0.0600. The predicted octanol–water partition coefficient (Wildman–Crippen LogP) is 2.97. The van der Waals surface area contributed by atoms with Crippen LogP contribution in [0.15, 0.2) is 15.9 Å². The van der Waals surface area contributed by atoms with Crippen LogP contribution in [0.25, 0.3) is 0 Å². The lowest BCUT2D eigenvalue weighted by atomic mass is 9.87. The van der Waals surface area contributed by atoms with Crippen molar-refractivity contribution in [3.63, 3.8) is 0 Å². The van der Waals surface area contributed by atoms with Gasteiger partial charge < -0.3 is 4.74 Å². The zero-order valence-corrected chi connectivity index (χ0v) is 11.7. The van der Waals surface area contributed by atoms with Crippen LogP contribution < -0.4 is 11.3 Å². The van der Waals surface area contributed by atoms with E-state index in [0.29, 0.717) is 0 Å². The molecule has 5 heteroatoms. The SMILES string of the molecule is CC1(C(NN)c2sccc2Br)CCCCO1. The van der Waals surface area contributed by atoms with Gasteiger partial charge in [-0.1, -0.05) is 0 Å². The maximum atomic E-state index is 5.94. The van der Waals surface area contributed by atoms with Crippen molar-refractivity contribution in [3.8, 4) is 0 Å². The van der Waals surface area contributed by atoms with E-state index < -0.39 is 0 Å². The first-order valence-corrected chi connectivity index (χ1v) is 7.17. The molecule has 3 nitrogen and oxygen atoms in total. The van der Waals surface area contributed by atoms with Gasteiger partial charge in [0.15, 0.2) is 0 Å². The van der Waals surface area contributed by atoms with Gasteiger partial charge in [-0.2, -0.15) is 0 Å². The van der Waals surface area contributed by atoms with E-state index in [1.54, 1.807) is 11.3 Å². The van der Waals surface area contributed by atoms with Crippen molar-refractivity contribution in [1.82, 2.24) is 5.43 Å². The second-order valence-electron chi connectivity index (χ2n) is 4.35. The van der Waals surface area contributed by atoms with Gasteiger partial charge in [0.2, 0.25) is 0 Å². The van der Waals surface area contributed by atoms with Crippen LogP contribution in [0.3, 0.4) is 0 Å². The molecule has 2 rings (SSSR count). The minimum atomic E-state index is -0.194. The van der Waals surface area contributed by atoms with Gasteiger partial charge >= 0.3 is 0 Å². The van der Waals surface area contributed by atoms with E-state index in [1.165, 1.54) is 11.3 Å². The van der Waals surface area contributed by atoms with Gasteiger partial charge in [0.05, 0.1) is 11.6 Å². The van der Waals surface area contributed by atoms with E-state index >= 15 is 0 Å². The fraction of sp³-hybridized carbons (Fsp3) is 0.636. The summed E-state index contributed by atoms with van der Waals surface area (Å²) in [5.41, 5.74) is 2.72. The number of rotatable bonds is 3. The zero-order chi connectivity index (χ0) is 11.6. The third-order valence-electron chi connectivity index (χ3n) is 3.18. The van der Waals surface area contributed by atoms with E-state index in [9.17, 15) is 0 Å². The van der Waals surface area contributed by atoms with Crippen LogP contribution in [0.4, 0.5) is 0 Å². The maximum Gasteiger partial charge on any atom is 0.0869 e. The van der Waals surface area contributed by atoms with Crippen LogP contribution in [0.2, 0.25) is 0 Å². The highest BCUT2D eigenvalue weighted by Gasteiger charge is 2.38. The van der Waals surface area contributed by atoms with Crippen molar-refractivity contribution in [2.24, 2.45) is 5.84 Å². The summed E-state index contributed by atoms with van der Waals surface area (Å²) in [6.07, 6.45) is 3.41. The van der Waals surface area contributed by atoms with Crippen LogP contribution >= 0.6 is 27.3 Å².